The van der Waals surface area contributed by atoms with Gasteiger partial charge in [0.2, 0.25) is 0 Å². The second kappa shape index (κ2) is 12.9. The Hall–Kier alpha value is -2.77. The van der Waals surface area contributed by atoms with Crippen LogP contribution in [0.5, 0.6) is 17.2 Å². The molecule has 1 saturated heterocycles. The smallest absolute Gasteiger partial charge is 0.191 e. The molecule has 0 aromatic heterocycles. The highest BCUT2D eigenvalue weighted by Crippen LogP contribution is 2.30. The molecule has 0 amide bonds. The van der Waals surface area contributed by atoms with E-state index in [1.165, 1.54) is 0 Å². The van der Waals surface area contributed by atoms with E-state index in [-0.39, 0.29) is 0 Å². The minimum Gasteiger partial charge on any atom is -0.493 e. The first kappa shape index (κ1) is 23.9. The maximum absolute atomic E-state index is 5.96. The number of rotatable bonds is 10. The van der Waals surface area contributed by atoms with E-state index in [2.05, 4.69) is 22.5 Å². The summed E-state index contributed by atoms with van der Waals surface area (Å²) in [6, 6.07) is 16.1. The summed E-state index contributed by atoms with van der Waals surface area (Å²) in [7, 11) is 3.40. The lowest BCUT2D eigenvalue weighted by molar-refractivity contribution is 0.128. The number of para-hydroxylation sites is 2. The Morgan fingerprint density at radius 3 is 2.41 bits per heavy atom. The summed E-state index contributed by atoms with van der Waals surface area (Å²) in [6.45, 7) is 7.52. The first-order valence-electron chi connectivity index (χ1n) is 11.4. The van der Waals surface area contributed by atoms with Gasteiger partial charge >= 0.3 is 0 Å². The molecule has 0 aliphatic carbocycles. The molecule has 1 aliphatic rings. The molecule has 0 spiro atoms. The lowest BCUT2D eigenvalue weighted by atomic mass is 10.1. The molecule has 174 valence electrons. The second-order valence-electron chi connectivity index (χ2n) is 7.85. The number of nitrogens with zero attached hydrogens (tertiary/aromatic N) is 2. The van der Waals surface area contributed by atoms with E-state index in [0.717, 1.165) is 62.9 Å². The van der Waals surface area contributed by atoms with Crippen LogP contribution in [-0.2, 0) is 11.3 Å². The summed E-state index contributed by atoms with van der Waals surface area (Å²) in [5, 5.41) is 6.97. The molecule has 32 heavy (non-hydrogen) atoms. The molecule has 1 fully saturated rings. The third-order valence-corrected chi connectivity index (χ3v) is 5.52. The molecule has 0 atom stereocenters. The molecule has 0 bridgehead atoms. The molecule has 0 saturated carbocycles. The van der Waals surface area contributed by atoms with Gasteiger partial charge in [0, 0.05) is 39.3 Å². The van der Waals surface area contributed by atoms with Gasteiger partial charge in [0.05, 0.1) is 20.3 Å². The number of likely N-dealkylation sites (tertiary alicyclic amines) is 1. The minimum atomic E-state index is 0.447. The number of ether oxygens (including phenoxy) is 3. The molecule has 2 N–H and O–H groups in total. The summed E-state index contributed by atoms with van der Waals surface area (Å²) in [6.07, 6.45) is 2.23. The van der Waals surface area contributed by atoms with Crippen LogP contribution in [0, 0.1) is 0 Å². The van der Waals surface area contributed by atoms with Crippen LogP contribution in [0.25, 0.3) is 0 Å². The number of nitrogens with one attached hydrogen (secondary N) is 2. The standard InChI is InChI=1S/C25H36N4O3/c1-4-26-25(28-21-13-15-29(16-14-21)17-18-30-2)27-19-20-9-11-22(12-10-20)32-24-8-6-5-7-23(24)31-3/h5-12,21H,4,13-19H2,1-3H3,(H2,26,27,28). The van der Waals surface area contributed by atoms with Gasteiger partial charge in [-0.1, -0.05) is 24.3 Å². The van der Waals surface area contributed by atoms with E-state index in [1.54, 1.807) is 14.2 Å². The maximum atomic E-state index is 5.96. The van der Waals surface area contributed by atoms with Gasteiger partial charge in [-0.05, 0) is 49.6 Å². The molecule has 2 aromatic rings. The summed E-state index contributed by atoms with van der Waals surface area (Å²) in [5.41, 5.74) is 1.13. The summed E-state index contributed by atoms with van der Waals surface area (Å²) in [5.74, 6) is 3.06. The van der Waals surface area contributed by atoms with Crippen LogP contribution in [0.1, 0.15) is 25.3 Å². The van der Waals surface area contributed by atoms with Crippen LogP contribution in [0.4, 0.5) is 0 Å². The number of hydrogen-bond acceptors (Lipinski definition) is 5. The minimum absolute atomic E-state index is 0.447. The molecule has 0 unspecified atom stereocenters. The highest BCUT2D eigenvalue weighted by Gasteiger charge is 2.19. The Balaban J connectivity index is 1.52. The number of aliphatic imine (C=N–C) groups is 1. The molecule has 2 aromatic carbocycles. The van der Waals surface area contributed by atoms with Gasteiger partial charge in [-0.3, -0.25) is 0 Å². The van der Waals surface area contributed by atoms with Crippen molar-refractivity contribution in [1.82, 2.24) is 15.5 Å². The molecule has 7 heteroatoms. The van der Waals surface area contributed by atoms with Crippen molar-refractivity contribution >= 4 is 5.96 Å². The van der Waals surface area contributed by atoms with Crippen molar-refractivity contribution in [1.29, 1.82) is 0 Å². The summed E-state index contributed by atoms with van der Waals surface area (Å²) < 4.78 is 16.5. The van der Waals surface area contributed by atoms with Crippen LogP contribution in [0.2, 0.25) is 0 Å². The Morgan fingerprint density at radius 1 is 1.03 bits per heavy atom. The summed E-state index contributed by atoms with van der Waals surface area (Å²) in [4.78, 5) is 7.25. The first-order valence-corrected chi connectivity index (χ1v) is 11.4. The molecule has 1 heterocycles. The molecule has 3 rings (SSSR count). The number of benzene rings is 2. The lowest BCUT2D eigenvalue weighted by Gasteiger charge is -2.32. The molecule has 7 nitrogen and oxygen atoms in total. The van der Waals surface area contributed by atoms with Gasteiger partial charge in [-0.15, -0.1) is 0 Å². The Kier molecular flexibility index (Phi) is 9.65. The third kappa shape index (κ3) is 7.43. The number of methoxy groups -OCH3 is 2. The van der Waals surface area contributed by atoms with Crippen molar-refractivity contribution in [2.45, 2.75) is 32.4 Å². The van der Waals surface area contributed by atoms with Crippen LogP contribution >= 0.6 is 0 Å². The fourth-order valence-corrected chi connectivity index (χ4v) is 3.70. The topological polar surface area (TPSA) is 67.4 Å². The largest absolute Gasteiger partial charge is 0.493 e. The monoisotopic (exact) mass is 440 g/mol. The predicted octanol–water partition coefficient (Wildman–Crippen LogP) is 3.65. The van der Waals surface area contributed by atoms with Crippen LogP contribution in [0.3, 0.4) is 0 Å². The quantitative estimate of drug-likeness (QED) is 0.434. The third-order valence-electron chi connectivity index (χ3n) is 5.52. The van der Waals surface area contributed by atoms with Crippen LogP contribution in [0.15, 0.2) is 53.5 Å². The zero-order valence-electron chi connectivity index (χ0n) is 19.5. The average molecular weight is 441 g/mol. The molecule has 1 aliphatic heterocycles. The van der Waals surface area contributed by atoms with Crippen molar-refractivity contribution < 1.29 is 14.2 Å². The van der Waals surface area contributed by atoms with Gasteiger partial charge < -0.3 is 29.7 Å². The Labute approximate surface area is 191 Å². The summed E-state index contributed by atoms with van der Waals surface area (Å²) >= 11 is 0. The maximum Gasteiger partial charge on any atom is 0.191 e. The molecular weight excluding hydrogens is 404 g/mol. The van der Waals surface area contributed by atoms with Crippen LogP contribution in [-0.4, -0.2) is 63.9 Å². The van der Waals surface area contributed by atoms with E-state index >= 15 is 0 Å². The van der Waals surface area contributed by atoms with Gasteiger partial charge in [0.25, 0.3) is 0 Å². The van der Waals surface area contributed by atoms with E-state index in [9.17, 15) is 0 Å². The zero-order valence-corrected chi connectivity index (χ0v) is 19.5. The van der Waals surface area contributed by atoms with Crippen molar-refractivity contribution in [3.05, 3.63) is 54.1 Å². The van der Waals surface area contributed by atoms with Crippen molar-refractivity contribution in [2.75, 3.05) is 47.0 Å². The van der Waals surface area contributed by atoms with Gasteiger partial charge in [0.1, 0.15) is 5.75 Å². The van der Waals surface area contributed by atoms with Crippen molar-refractivity contribution in [3.8, 4) is 17.2 Å². The van der Waals surface area contributed by atoms with Crippen molar-refractivity contribution in [2.24, 2.45) is 4.99 Å². The highest BCUT2D eigenvalue weighted by molar-refractivity contribution is 5.80. The first-order chi connectivity index (χ1) is 15.7. The van der Waals surface area contributed by atoms with E-state index in [0.29, 0.717) is 24.1 Å². The average Bonchev–Trinajstić information content (AvgIpc) is 2.83. The number of piperidine rings is 1. The SMILES string of the molecule is CCNC(=NCc1ccc(Oc2ccccc2OC)cc1)NC1CCN(CCOC)CC1. The fraction of sp³-hybridized carbons (Fsp3) is 0.480. The lowest BCUT2D eigenvalue weighted by Crippen LogP contribution is -2.49. The second-order valence-corrected chi connectivity index (χ2v) is 7.85. The Morgan fingerprint density at radius 2 is 1.75 bits per heavy atom. The zero-order chi connectivity index (χ0) is 22.6. The normalized spacial score (nSPS) is 15.4. The Bertz CT molecular complexity index is 833. The molecular formula is C25H36N4O3. The molecule has 0 radical (unpaired) electrons. The highest BCUT2D eigenvalue weighted by atomic mass is 16.5. The number of guanidine groups is 1. The van der Waals surface area contributed by atoms with E-state index in [1.807, 2.05) is 48.5 Å². The van der Waals surface area contributed by atoms with E-state index in [4.69, 9.17) is 19.2 Å². The van der Waals surface area contributed by atoms with Gasteiger partial charge in [0.15, 0.2) is 17.5 Å². The fourth-order valence-electron chi connectivity index (χ4n) is 3.70. The van der Waals surface area contributed by atoms with Gasteiger partial charge in [-0.2, -0.15) is 0 Å². The predicted molar refractivity (Wildman–Crippen MR) is 129 cm³/mol. The van der Waals surface area contributed by atoms with Gasteiger partial charge in [-0.25, -0.2) is 4.99 Å². The van der Waals surface area contributed by atoms with E-state index < -0.39 is 0 Å². The van der Waals surface area contributed by atoms with Crippen LogP contribution < -0.4 is 20.1 Å². The van der Waals surface area contributed by atoms with Crippen molar-refractivity contribution in [3.63, 3.8) is 0 Å². The number of hydrogen-bond donors (Lipinski definition) is 2.